The van der Waals surface area contributed by atoms with Crippen LogP contribution in [0, 0.1) is 17.2 Å². The summed E-state index contributed by atoms with van der Waals surface area (Å²) in [7, 11) is 0. The molecular weight excluding hydrogens is 338 g/mol. The first kappa shape index (κ1) is 18.7. The SMILES string of the molecule is CC[C@H](C)c1ccccc1N1C[C@H](C(=O)Nc2cccc(C#N)c2)CC1=O. The quantitative estimate of drug-likeness (QED) is 0.873. The molecule has 1 N–H and O–H groups in total. The monoisotopic (exact) mass is 361 g/mol. The van der Waals surface area contributed by atoms with Crippen LogP contribution in [0.15, 0.2) is 48.5 Å². The van der Waals surface area contributed by atoms with Crippen molar-refractivity contribution in [2.45, 2.75) is 32.6 Å². The zero-order chi connectivity index (χ0) is 19.4. The van der Waals surface area contributed by atoms with Crippen LogP contribution in [0.1, 0.15) is 43.7 Å². The Hall–Kier alpha value is -3.13. The minimum Gasteiger partial charge on any atom is -0.326 e. The van der Waals surface area contributed by atoms with Crippen LogP contribution < -0.4 is 10.2 Å². The molecule has 1 aliphatic heterocycles. The number of benzene rings is 2. The fourth-order valence-electron chi connectivity index (χ4n) is 3.40. The van der Waals surface area contributed by atoms with Gasteiger partial charge in [-0.05, 0) is 42.2 Å². The van der Waals surface area contributed by atoms with E-state index in [0.717, 1.165) is 17.7 Å². The molecule has 27 heavy (non-hydrogen) atoms. The van der Waals surface area contributed by atoms with Gasteiger partial charge in [0.2, 0.25) is 11.8 Å². The van der Waals surface area contributed by atoms with E-state index in [-0.39, 0.29) is 18.2 Å². The molecule has 2 amide bonds. The molecule has 0 saturated carbocycles. The highest BCUT2D eigenvalue weighted by atomic mass is 16.2. The van der Waals surface area contributed by atoms with Gasteiger partial charge < -0.3 is 10.2 Å². The predicted molar refractivity (Wildman–Crippen MR) is 105 cm³/mol. The molecule has 0 spiro atoms. The van der Waals surface area contributed by atoms with E-state index in [9.17, 15) is 9.59 Å². The van der Waals surface area contributed by atoms with E-state index in [2.05, 4.69) is 31.3 Å². The topological polar surface area (TPSA) is 73.2 Å². The van der Waals surface area contributed by atoms with Gasteiger partial charge in [-0.1, -0.05) is 38.1 Å². The molecule has 2 aromatic rings. The number of hydrogen-bond acceptors (Lipinski definition) is 3. The summed E-state index contributed by atoms with van der Waals surface area (Å²) >= 11 is 0. The molecule has 1 saturated heterocycles. The molecule has 0 unspecified atom stereocenters. The number of hydrogen-bond donors (Lipinski definition) is 1. The second-order valence-electron chi connectivity index (χ2n) is 6.96. The second kappa shape index (κ2) is 8.05. The van der Waals surface area contributed by atoms with Crippen LogP contribution in [0.4, 0.5) is 11.4 Å². The smallest absolute Gasteiger partial charge is 0.229 e. The highest BCUT2D eigenvalue weighted by Gasteiger charge is 2.36. The second-order valence-corrected chi connectivity index (χ2v) is 6.96. The molecule has 1 heterocycles. The van der Waals surface area contributed by atoms with E-state index >= 15 is 0 Å². The Kier molecular flexibility index (Phi) is 5.56. The number of carbonyl (C=O) groups excluding carboxylic acids is 2. The molecule has 138 valence electrons. The maximum atomic E-state index is 12.6. The van der Waals surface area contributed by atoms with Crippen LogP contribution in [0.3, 0.4) is 0 Å². The molecular formula is C22H23N3O2. The van der Waals surface area contributed by atoms with Gasteiger partial charge >= 0.3 is 0 Å². The summed E-state index contributed by atoms with van der Waals surface area (Å²) in [5.41, 5.74) is 3.10. The van der Waals surface area contributed by atoms with Gasteiger partial charge in [-0.3, -0.25) is 9.59 Å². The third kappa shape index (κ3) is 4.01. The predicted octanol–water partition coefficient (Wildman–Crippen LogP) is 4.06. The largest absolute Gasteiger partial charge is 0.326 e. The molecule has 1 fully saturated rings. The molecule has 5 heteroatoms. The first-order valence-electron chi connectivity index (χ1n) is 9.23. The lowest BCUT2D eigenvalue weighted by molar-refractivity contribution is -0.122. The van der Waals surface area contributed by atoms with Crippen molar-refractivity contribution in [3.05, 3.63) is 59.7 Å². The highest BCUT2D eigenvalue weighted by molar-refractivity contribution is 6.04. The van der Waals surface area contributed by atoms with Crippen LogP contribution in [0.5, 0.6) is 0 Å². The van der Waals surface area contributed by atoms with E-state index in [0.29, 0.717) is 23.7 Å². The van der Waals surface area contributed by atoms with Gasteiger partial charge in [0.25, 0.3) is 0 Å². The Balaban J connectivity index is 1.76. The van der Waals surface area contributed by atoms with Gasteiger partial charge in [-0.2, -0.15) is 5.26 Å². The van der Waals surface area contributed by atoms with E-state index in [4.69, 9.17) is 5.26 Å². The van der Waals surface area contributed by atoms with Crippen LogP contribution >= 0.6 is 0 Å². The fourth-order valence-corrected chi connectivity index (χ4v) is 3.40. The Labute approximate surface area is 159 Å². The average molecular weight is 361 g/mol. The summed E-state index contributed by atoms with van der Waals surface area (Å²) in [4.78, 5) is 27.0. The van der Waals surface area contributed by atoms with Crippen molar-refractivity contribution < 1.29 is 9.59 Å². The van der Waals surface area contributed by atoms with E-state index in [1.165, 1.54) is 0 Å². The van der Waals surface area contributed by atoms with Crippen molar-refractivity contribution in [2.24, 2.45) is 5.92 Å². The van der Waals surface area contributed by atoms with E-state index in [1.54, 1.807) is 29.2 Å². The van der Waals surface area contributed by atoms with E-state index < -0.39 is 5.92 Å². The lowest BCUT2D eigenvalue weighted by Crippen LogP contribution is -2.29. The zero-order valence-electron chi connectivity index (χ0n) is 15.6. The van der Waals surface area contributed by atoms with E-state index in [1.807, 2.05) is 18.2 Å². The first-order valence-corrected chi connectivity index (χ1v) is 9.23. The average Bonchev–Trinajstić information content (AvgIpc) is 3.09. The number of para-hydroxylation sites is 1. The number of anilines is 2. The summed E-state index contributed by atoms with van der Waals surface area (Å²) in [6.45, 7) is 4.64. The van der Waals surface area contributed by atoms with Gasteiger partial charge in [0.15, 0.2) is 0 Å². The number of nitriles is 1. The summed E-state index contributed by atoms with van der Waals surface area (Å²) in [6, 6.07) is 16.8. The normalized spacial score (nSPS) is 17.4. The van der Waals surface area contributed by atoms with Crippen molar-refractivity contribution in [2.75, 3.05) is 16.8 Å². The third-order valence-electron chi connectivity index (χ3n) is 5.13. The standard InChI is InChI=1S/C22H23N3O2/c1-3-15(2)19-9-4-5-10-20(19)25-14-17(12-21(25)26)22(27)24-18-8-6-7-16(11-18)13-23/h4-11,15,17H,3,12,14H2,1-2H3,(H,24,27)/t15-,17+/m0/s1. The van der Waals surface area contributed by atoms with Crippen LogP contribution in [0.25, 0.3) is 0 Å². The van der Waals surface area contributed by atoms with Crippen molar-refractivity contribution in [3.63, 3.8) is 0 Å². The Morgan fingerprint density at radius 1 is 1.30 bits per heavy atom. The van der Waals surface area contributed by atoms with Crippen molar-refractivity contribution >= 4 is 23.2 Å². The molecule has 5 nitrogen and oxygen atoms in total. The van der Waals surface area contributed by atoms with Crippen molar-refractivity contribution in [1.82, 2.24) is 0 Å². The number of rotatable bonds is 5. The summed E-state index contributed by atoms with van der Waals surface area (Å²) in [6.07, 6.45) is 1.18. The van der Waals surface area contributed by atoms with Gasteiger partial charge in [0, 0.05) is 24.3 Å². The first-order chi connectivity index (χ1) is 13.0. The maximum Gasteiger partial charge on any atom is 0.229 e. The van der Waals surface area contributed by atoms with Crippen molar-refractivity contribution in [3.8, 4) is 6.07 Å². The van der Waals surface area contributed by atoms with Gasteiger partial charge in [-0.15, -0.1) is 0 Å². The van der Waals surface area contributed by atoms with Crippen molar-refractivity contribution in [1.29, 1.82) is 5.26 Å². The molecule has 0 bridgehead atoms. The number of amides is 2. The molecule has 3 rings (SSSR count). The molecule has 2 aromatic carbocycles. The van der Waals surface area contributed by atoms with Gasteiger partial charge in [-0.25, -0.2) is 0 Å². The van der Waals surface area contributed by atoms with Crippen LogP contribution in [0.2, 0.25) is 0 Å². The number of nitrogens with zero attached hydrogens (tertiary/aromatic N) is 2. The molecule has 1 aliphatic rings. The molecule has 2 atom stereocenters. The van der Waals surface area contributed by atoms with Crippen LogP contribution in [-0.4, -0.2) is 18.4 Å². The third-order valence-corrected chi connectivity index (χ3v) is 5.13. The summed E-state index contributed by atoms with van der Waals surface area (Å²) < 4.78 is 0. The summed E-state index contributed by atoms with van der Waals surface area (Å²) in [5, 5.41) is 11.8. The van der Waals surface area contributed by atoms with Gasteiger partial charge in [0.05, 0.1) is 17.6 Å². The Bertz CT molecular complexity index is 900. The number of nitrogens with one attached hydrogen (secondary N) is 1. The minimum absolute atomic E-state index is 0.0309. The lowest BCUT2D eigenvalue weighted by atomic mass is 9.96. The molecule has 0 aromatic heterocycles. The highest BCUT2D eigenvalue weighted by Crippen LogP contribution is 2.33. The number of carbonyl (C=O) groups is 2. The molecule has 0 radical (unpaired) electrons. The maximum absolute atomic E-state index is 12.6. The Morgan fingerprint density at radius 2 is 2.07 bits per heavy atom. The molecule has 0 aliphatic carbocycles. The lowest BCUT2D eigenvalue weighted by Gasteiger charge is -2.23. The summed E-state index contributed by atoms with van der Waals surface area (Å²) in [5.74, 6) is -0.289. The Morgan fingerprint density at radius 3 is 2.81 bits per heavy atom. The minimum atomic E-state index is -0.409. The zero-order valence-corrected chi connectivity index (χ0v) is 15.6. The van der Waals surface area contributed by atoms with Crippen LogP contribution in [-0.2, 0) is 9.59 Å². The van der Waals surface area contributed by atoms with Gasteiger partial charge in [0.1, 0.15) is 0 Å². The fraction of sp³-hybridized carbons (Fsp3) is 0.318.